The summed E-state index contributed by atoms with van der Waals surface area (Å²) >= 11 is 3.47. The van der Waals surface area contributed by atoms with Crippen molar-refractivity contribution in [1.29, 1.82) is 0 Å². The van der Waals surface area contributed by atoms with Crippen molar-refractivity contribution in [2.75, 3.05) is 44.5 Å². The summed E-state index contributed by atoms with van der Waals surface area (Å²) in [6, 6.07) is 11.0. The lowest BCUT2D eigenvalue weighted by Crippen LogP contribution is -2.41. The van der Waals surface area contributed by atoms with Gasteiger partial charge in [0, 0.05) is 22.1 Å². The third kappa shape index (κ3) is 6.21. The van der Waals surface area contributed by atoms with Gasteiger partial charge in [0.15, 0.2) is 0 Å². The molecule has 1 fully saturated rings. The maximum absolute atomic E-state index is 12.6. The van der Waals surface area contributed by atoms with Crippen molar-refractivity contribution in [1.82, 2.24) is 4.90 Å². The predicted molar refractivity (Wildman–Crippen MR) is 125 cm³/mol. The van der Waals surface area contributed by atoms with Gasteiger partial charge in [0.05, 0.1) is 26.5 Å². The van der Waals surface area contributed by atoms with Crippen LogP contribution in [0.2, 0.25) is 0 Å². The van der Waals surface area contributed by atoms with Crippen LogP contribution in [0.1, 0.15) is 18.4 Å². The first-order valence-corrected chi connectivity index (χ1v) is 11.0. The fraction of sp³-hybridized carbons (Fsp3) is 0.391. The number of carbonyl (C=O) groups is 2. The largest absolute Gasteiger partial charge is 0.497 e. The van der Waals surface area contributed by atoms with E-state index in [2.05, 4.69) is 31.5 Å². The number of hydrogen-bond donors (Lipinski definition) is 2. The molecule has 31 heavy (non-hydrogen) atoms. The van der Waals surface area contributed by atoms with Gasteiger partial charge in [0.2, 0.25) is 11.8 Å². The van der Waals surface area contributed by atoms with E-state index < -0.39 is 0 Å². The molecule has 0 spiro atoms. The number of aryl methyl sites for hydroxylation is 1. The highest BCUT2D eigenvalue weighted by atomic mass is 79.9. The Morgan fingerprint density at radius 2 is 1.81 bits per heavy atom. The van der Waals surface area contributed by atoms with E-state index in [1.165, 1.54) is 0 Å². The van der Waals surface area contributed by atoms with E-state index in [0.717, 1.165) is 28.6 Å². The number of anilines is 2. The Morgan fingerprint density at radius 1 is 1.06 bits per heavy atom. The Kier molecular flexibility index (Phi) is 7.92. The topological polar surface area (TPSA) is 79.9 Å². The van der Waals surface area contributed by atoms with Crippen molar-refractivity contribution in [2.24, 2.45) is 5.92 Å². The third-order valence-electron chi connectivity index (χ3n) is 5.43. The molecule has 0 atom stereocenters. The van der Waals surface area contributed by atoms with Gasteiger partial charge < -0.3 is 20.1 Å². The Labute approximate surface area is 191 Å². The van der Waals surface area contributed by atoms with Crippen LogP contribution in [0.25, 0.3) is 0 Å². The number of hydrogen-bond acceptors (Lipinski definition) is 5. The Bertz CT molecular complexity index is 942. The second-order valence-corrected chi connectivity index (χ2v) is 8.47. The van der Waals surface area contributed by atoms with Crippen molar-refractivity contribution in [3.05, 3.63) is 46.4 Å². The van der Waals surface area contributed by atoms with Gasteiger partial charge in [-0.3, -0.25) is 14.5 Å². The first-order chi connectivity index (χ1) is 14.9. The average Bonchev–Trinajstić information content (AvgIpc) is 2.77. The summed E-state index contributed by atoms with van der Waals surface area (Å²) in [5, 5.41) is 5.90. The van der Waals surface area contributed by atoms with Gasteiger partial charge in [-0.25, -0.2) is 0 Å². The van der Waals surface area contributed by atoms with E-state index in [1.807, 2.05) is 25.1 Å². The number of ether oxygens (including phenoxy) is 2. The van der Waals surface area contributed by atoms with Gasteiger partial charge >= 0.3 is 0 Å². The molecule has 1 aliphatic rings. The van der Waals surface area contributed by atoms with E-state index in [4.69, 9.17) is 9.47 Å². The number of piperidine rings is 1. The van der Waals surface area contributed by atoms with Crippen LogP contribution in [0.5, 0.6) is 11.5 Å². The zero-order valence-electron chi connectivity index (χ0n) is 18.0. The number of amides is 2. The summed E-state index contributed by atoms with van der Waals surface area (Å²) < 4.78 is 11.5. The summed E-state index contributed by atoms with van der Waals surface area (Å²) in [6.45, 7) is 3.66. The molecule has 166 valence electrons. The van der Waals surface area contributed by atoms with Crippen molar-refractivity contribution in [3.63, 3.8) is 0 Å². The van der Waals surface area contributed by atoms with Crippen LogP contribution in [0.3, 0.4) is 0 Å². The maximum Gasteiger partial charge on any atom is 0.238 e. The molecule has 2 N–H and O–H groups in total. The van der Waals surface area contributed by atoms with Crippen LogP contribution in [0.4, 0.5) is 11.4 Å². The molecule has 2 aromatic carbocycles. The molecule has 8 heteroatoms. The molecule has 0 bridgehead atoms. The van der Waals surface area contributed by atoms with E-state index in [1.54, 1.807) is 32.4 Å². The molecule has 0 saturated carbocycles. The third-order valence-corrected chi connectivity index (χ3v) is 6.32. The second-order valence-electron chi connectivity index (χ2n) is 7.62. The summed E-state index contributed by atoms with van der Waals surface area (Å²) in [6.07, 6.45) is 1.45. The van der Waals surface area contributed by atoms with Crippen molar-refractivity contribution < 1.29 is 19.1 Å². The fourth-order valence-electron chi connectivity index (χ4n) is 3.61. The fourth-order valence-corrected chi connectivity index (χ4v) is 3.86. The lowest BCUT2D eigenvalue weighted by atomic mass is 9.95. The van der Waals surface area contributed by atoms with Gasteiger partial charge in [-0.2, -0.15) is 0 Å². The SMILES string of the molecule is COc1ccc(NC(=O)CN2CCC(C(=O)Nc3ccc(Br)c(C)c3)CC2)c(OC)c1. The number of carbonyl (C=O) groups excluding carboxylic acids is 2. The highest BCUT2D eigenvalue weighted by molar-refractivity contribution is 9.10. The average molecular weight is 490 g/mol. The predicted octanol–water partition coefficient (Wildman–Crippen LogP) is 4.06. The normalized spacial score (nSPS) is 14.7. The Hall–Kier alpha value is -2.58. The number of rotatable bonds is 7. The quantitative estimate of drug-likeness (QED) is 0.612. The molecular formula is C23H28BrN3O4. The molecule has 0 aromatic heterocycles. The van der Waals surface area contributed by atoms with Crippen LogP contribution in [-0.4, -0.2) is 50.6 Å². The lowest BCUT2D eigenvalue weighted by molar-refractivity contribution is -0.121. The number of halogens is 1. The zero-order chi connectivity index (χ0) is 22.4. The van der Waals surface area contributed by atoms with Crippen LogP contribution in [-0.2, 0) is 9.59 Å². The highest BCUT2D eigenvalue weighted by Gasteiger charge is 2.26. The van der Waals surface area contributed by atoms with Crippen LogP contribution < -0.4 is 20.1 Å². The Balaban J connectivity index is 1.48. The minimum Gasteiger partial charge on any atom is -0.497 e. The minimum atomic E-state index is -0.114. The van der Waals surface area contributed by atoms with Crippen LogP contribution in [0, 0.1) is 12.8 Å². The van der Waals surface area contributed by atoms with Crippen LogP contribution >= 0.6 is 15.9 Å². The van der Waals surface area contributed by atoms with E-state index in [-0.39, 0.29) is 24.3 Å². The first kappa shape index (κ1) is 23.1. The number of nitrogens with one attached hydrogen (secondary N) is 2. The molecule has 1 saturated heterocycles. The molecular weight excluding hydrogens is 462 g/mol. The molecule has 1 heterocycles. The first-order valence-electron chi connectivity index (χ1n) is 10.2. The summed E-state index contributed by atoms with van der Waals surface area (Å²) in [4.78, 5) is 27.2. The van der Waals surface area contributed by atoms with E-state index in [0.29, 0.717) is 30.3 Å². The van der Waals surface area contributed by atoms with E-state index in [9.17, 15) is 9.59 Å². The number of nitrogens with zero attached hydrogens (tertiary/aromatic N) is 1. The maximum atomic E-state index is 12.6. The number of likely N-dealkylation sites (tertiary alicyclic amines) is 1. The molecule has 3 rings (SSSR count). The molecule has 1 aliphatic heterocycles. The standard InChI is InChI=1S/C23H28BrN3O4/c1-15-12-17(4-6-19(15)24)25-23(29)16-8-10-27(11-9-16)14-22(28)26-20-7-5-18(30-2)13-21(20)31-3/h4-7,12-13,16H,8-11,14H2,1-3H3,(H,25,29)(H,26,28). The molecule has 0 unspecified atom stereocenters. The summed E-state index contributed by atoms with van der Waals surface area (Å²) in [5.41, 5.74) is 2.49. The molecule has 0 radical (unpaired) electrons. The zero-order valence-corrected chi connectivity index (χ0v) is 19.6. The minimum absolute atomic E-state index is 0.0359. The highest BCUT2D eigenvalue weighted by Crippen LogP contribution is 2.29. The Morgan fingerprint density at radius 3 is 2.45 bits per heavy atom. The summed E-state index contributed by atoms with van der Waals surface area (Å²) in [7, 11) is 3.13. The molecule has 2 aromatic rings. The van der Waals surface area contributed by atoms with Crippen molar-refractivity contribution in [2.45, 2.75) is 19.8 Å². The monoisotopic (exact) mass is 489 g/mol. The van der Waals surface area contributed by atoms with Gasteiger partial charge in [-0.15, -0.1) is 0 Å². The lowest BCUT2D eigenvalue weighted by Gasteiger charge is -2.30. The van der Waals surface area contributed by atoms with Gasteiger partial charge in [-0.05, 0) is 68.8 Å². The van der Waals surface area contributed by atoms with Crippen LogP contribution in [0.15, 0.2) is 40.9 Å². The van der Waals surface area contributed by atoms with Crippen molar-refractivity contribution >= 4 is 39.1 Å². The molecule has 2 amide bonds. The van der Waals surface area contributed by atoms with Gasteiger partial charge in [0.25, 0.3) is 0 Å². The number of benzene rings is 2. The number of methoxy groups -OCH3 is 2. The second kappa shape index (κ2) is 10.6. The van der Waals surface area contributed by atoms with E-state index >= 15 is 0 Å². The van der Waals surface area contributed by atoms with Gasteiger partial charge in [-0.1, -0.05) is 15.9 Å². The molecule has 7 nitrogen and oxygen atoms in total. The molecule has 0 aliphatic carbocycles. The van der Waals surface area contributed by atoms with Gasteiger partial charge in [0.1, 0.15) is 11.5 Å². The summed E-state index contributed by atoms with van der Waals surface area (Å²) in [5.74, 6) is 1.08. The smallest absolute Gasteiger partial charge is 0.238 e. The van der Waals surface area contributed by atoms with Crippen molar-refractivity contribution in [3.8, 4) is 11.5 Å².